The average molecular weight is 378 g/mol. The fraction of sp³-hybridized carbons (Fsp3) is 0.538. The Kier molecular flexibility index (Phi) is 5.89. The van der Waals surface area contributed by atoms with E-state index in [0.717, 1.165) is 43.4 Å². The number of fused-ring (bicyclic) bond motifs is 3. The Morgan fingerprint density at radius 3 is 2.36 bits per heavy atom. The molecule has 0 bridgehead atoms. The number of benzene rings is 2. The molecule has 150 valence electrons. The van der Waals surface area contributed by atoms with Crippen LogP contribution in [-0.4, -0.2) is 17.7 Å². The van der Waals surface area contributed by atoms with Crippen molar-refractivity contribution in [3.8, 4) is 11.1 Å². The van der Waals surface area contributed by atoms with Gasteiger partial charge in [0.15, 0.2) is 0 Å². The number of aliphatic hydroxyl groups is 1. The van der Waals surface area contributed by atoms with Crippen molar-refractivity contribution in [2.45, 2.75) is 83.3 Å². The zero-order valence-corrected chi connectivity index (χ0v) is 17.6. The third-order valence-corrected chi connectivity index (χ3v) is 6.92. The maximum atomic E-state index is 11.9. The molecule has 2 aliphatic rings. The van der Waals surface area contributed by atoms with Gasteiger partial charge in [-0.2, -0.15) is 0 Å². The van der Waals surface area contributed by atoms with Crippen LogP contribution in [0.3, 0.4) is 0 Å². The molecule has 0 aliphatic heterocycles. The van der Waals surface area contributed by atoms with Crippen LogP contribution in [-0.2, 0) is 18.4 Å². The number of hydrogen-bond donors (Lipinski definition) is 2. The molecule has 2 aliphatic carbocycles. The Morgan fingerprint density at radius 1 is 0.893 bits per heavy atom. The topological polar surface area (TPSA) is 32.3 Å². The highest BCUT2D eigenvalue weighted by atomic mass is 16.3. The molecule has 2 aromatic rings. The van der Waals surface area contributed by atoms with Crippen molar-refractivity contribution in [1.82, 2.24) is 5.32 Å². The first-order valence-corrected chi connectivity index (χ1v) is 11.4. The van der Waals surface area contributed by atoms with E-state index in [4.69, 9.17) is 0 Å². The Bertz CT molecular complexity index is 821. The van der Waals surface area contributed by atoms with Gasteiger partial charge in [0.25, 0.3) is 0 Å². The van der Waals surface area contributed by atoms with E-state index in [2.05, 4.69) is 55.6 Å². The van der Waals surface area contributed by atoms with Crippen LogP contribution in [0.1, 0.15) is 81.0 Å². The Morgan fingerprint density at radius 2 is 1.61 bits per heavy atom. The van der Waals surface area contributed by atoms with E-state index in [1.807, 2.05) is 0 Å². The van der Waals surface area contributed by atoms with Crippen LogP contribution in [0.4, 0.5) is 0 Å². The lowest BCUT2D eigenvalue weighted by atomic mass is 9.85. The molecule has 0 amide bonds. The van der Waals surface area contributed by atoms with Crippen molar-refractivity contribution < 1.29 is 5.11 Å². The summed E-state index contributed by atoms with van der Waals surface area (Å²) in [4.78, 5) is 0. The summed E-state index contributed by atoms with van der Waals surface area (Å²) in [5, 5.41) is 15.6. The van der Waals surface area contributed by atoms with Crippen molar-refractivity contribution in [1.29, 1.82) is 0 Å². The number of hydrogen-bond acceptors (Lipinski definition) is 2. The Hall–Kier alpha value is -1.64. The fourth-order valence-corrected chi connectivity index (χ4v) is 5.15. The quantitative estimate of drug-likeness (QED) is 0.604. The van der Waals surface area contributed by atoms with E-state index in [-0.39, 0.29) is 0 Å². The molecule has 1 saturated carbocycles. The molecule has 0 heterocycles. The standard InChI is InChI=1S/C26H35NO/c1-3-19-12-14-24-23(17-19)22-13-11-20(4-2)18-25(22)26(24,28)15-8-16-27-21-9-6-5-7-10-21/h11-14,17-18,21,27-28H,3-10,15-16H2,1-2H3. The molecule has 2 aromatic carbocycles. The normalized spacial score (nSPS) is 21.5. The molecule has 0 spiro atoms. The van der Waals surface area contributed by atoms with Gasteiger partial charge in [-0.1, -0.05) is 69.5 Å². The van der Waals surface area contributed by atoms with Gasteiger partial charge in [-0.05, 0) is 78.5 Å². The van der Waals surface area contributed by atoms with Crippen LogP contribution in [0.15, 0.2) is 36.4 Å². The molecule has 2 N–H and O–H groups in total. The van der Waals surface area contributed by atoms with E-state index >= 15 is 0 Å². The SMILES string of the molecule is CCc1ccc2c(c1)-c1ccc(CC)cc1C2(O)CCCNC1CCCCC1. The highest BCUT2D eigenvalue weighted by Crippen LogP contribution is 2.50. The third kappa shape index (κ3) is 3.65. The summed E-state index contributed by atoms with van der Waals surface area (Å²) in [5.41, 5.74) is 6.48. The minimum atomic E-state index is -0.851. The number of rotatable bonds is 7. The van der Waals surface area contributed by atoms with E-state index < -0.39 is 5.60 Å². The lowest BCUT2D eigenvalue weighted by Gasteiger charge is -2.28. The van der Waals surface area contributed by atoms with Crippen LogP contribution < -0.4 is 5.32 Å². The van der Waals surface area contributed by atoms with E-state index in [0.29, 0.717) is 6.04 Å². The summed E-state index contributed by atoms with van der Waals surface area (Å²) in [6.45, 7) is 5.38. The predicted molar refractivity (Wildman–Crippen MR) is 118 cm³/mol. The lowest BCUT2D eigenvalue weighted by Crippen LogP contribution is -2.33. The predicted octanol–water partition coefficient (Wildman–Crippen LogP) is 5.73. The van der Waals surface area contributed by atoms with Crippen molar-refractivity contribution in [3.05, 3.63) is 58.7 Å². The van der Waals surface area contributed by atoms with Gasteiger partial charge in [-0.25, -0.2) is 0 Å². The summed E-state index contributed by atoms with van der Waals surface area (Å²) in [6, 6.07) is 14.0. The number of nitrogens with one attached hydrogen (secondary N) is 1. The van der Waals surface area contributed by atoms with Gasteiger partial charge in [-0.15, -0.1) is 0 Å². The van der Waals surface area contributed by atoms with Gasteiger partial charge in [0, 0.05) is 6.04 Å². The third-order valence-electron chi connectivity index (χ3n) is 6.92. The van der Waals surface area contributed by atoms with Gasteiger partial charge in [0.1, 0.15) is 5.60 Å². The average Bonchev–Trinajstić information content (AvgIpc) is 2.99. The Labute approximate surface area is 170 Å². The summed E-state index contributed by atoms with van der Waals surface area (Å²) in [7, 11) is 0. The molecule has 28 heavy (non-hydrogen) atoms. The molecule has 1 unspecified atom stereocenters. The largest absolute Gasteiger partial charge is 0.380 e. The zero-order chi connectivity index (χ0) is 19.6. The van der Waals surface area contributed by atoms with E-state index in [9.17, 15) is 5.11 Å². The van der Waals surface area contributed by atoms with E-state index in [1.54, 1.807) is 0 Å². The first-order valence-electron chi connectivity index (χ1n) is 11.4. The minimum Gasteiger partial charge on any atom is -0.380 e. The van der Waals surface area contributed by atoms with Crippen molar-refractivity contribution >= 4 is 0 Å². The zero-order valence-electron chi connectivity index (χ0n) is 17.6. The first-order chi connectivity index (χ1) is 13.7. The van der Waals surface area contributed by atoms with Gasteiger partial charge >= 0.3 is 0 Å². The van der Waals surface area contributed by atoms with E-state index in [1.165, 1.54) is 54.4 Å². The van der Waals surface area contributed by atoms with Gasteiger partial charge in [-0.3, -0.25) is 0 Å². The Balaban J connectivity index is 1.56. The molecule has 0 aromatic heterocycles. The van der Waals surface area contributed by atoms with Gasteiger partial charge in [0.05, 0.1) is 0 Å². The molecular weight excluding hydrogens is 342 g/mol. The monoisotopic (exact) mass is 377 g/mol. The van der Waals surface area contributed by atoms with Crippen LogP contribution in [0.5, 0.6) is 0 Å². The van der Waals surface area contributed by atoms with Crippen LogP contribution >= 0.6 is 0 Å². The second kappa shape index (κ2) is 8.39. The fourth-order valence-electron chi connectivity index (χ4n) is 5.15. The molecule has 0 saturated heterocycles. The number of aryl methyl sites for hydroxylation is 2. The highest BCUT2D eigenvalue weighted by molar-refractivity contribution is 5.81. The van der Waals surface area contributed by atoms with Gasteiger partial charge in [0.2, 0.25) is 0 Å². The molecule has 2 heteroatoms. The van der Waals surface area contributed by atoms with Crippen LogP contribution in [0.25, 0.3) is 11.1 Å². The smallest absolute Gasteiger partial charge is 0.116 e. The summed E-state index contributed by atoms with van der Waals surface area (Å²) in [6.07, 6.45) is 10.6. The maximum Gasteiger partial charge on any atom is 0.116 e. The molecule has 4 rings (SSSR count). The second-order valence-corrected chi connectivity index (χ2v) is 8.72. The van der Waals surface area contributed by atoms with Crippen molar-refractivity contribution in [2.75, 3.05) is 6.54 Å². The van der Waals surface area contributed by atoms with Crippen molar-refractivity contribution in [2.24, 2.45) is 0 Å². The molecule has 2 nitrogen and oxygen atoms in total. The molecule has 1 atom stereocenters. The van der Waals surface area contributed by atoms with Crippen LogP contribution in [0.2, 0.25) is 0 Å². The first kappa shape index (κ1) is 19.7. The summed E-state index contributed by atoms with van der Waals surface area (Å²) in [5.74, 6) is 0. The molecule has 1 fully saturated rings. The highest BCUT2D eigenvalue weighted by Gasteiger charge is 2.41. The van der Waals surface area contributed by atoms with Crippen LogP contribution in [0, 0.1) is 0 Å². The minimum absolute atomic E-state index is 0.686. The molecule has 0 radical (unpaired) electrons. The maximum absolute atomic E-state index is 11.9. The second-order valence-electron chi connectivity index (χ2n) is 8.72. The molecular formula is C26H35NO. The summed E-state index contributed by atoms with van der Waals surface area (Å²) < 4.78 is 0. The van der Waals surface area contributed by atoms with Crippen molar-refractivity contribution in [3.63, 3.8) is 0 Å². The van der Waals surface area contributed by atoms with Gasteiger partial charge < -0.3 is 10.4 Å². The lowest BCUT2D eigenvalue weighted by molar-refractivity contribution is 0.0730. The summed E-state index contributed by atoms with van der Waals surface area (Å²) >= 11 is 0.